The molecule has 4 rings (SSSR count). The minimum atomic E-state index is -0.796. The lowest BCUT2D eigenvalue weighted by Gasteiger charge is -2.32. The summed E-state index contributed by atoms with van der Waals surface area (Å²) < 4.78 is 4.99. The standard InChI is InChI=1S/C23H28N4O3/c1-15-6-9-17(10-7-15)26(4)22(29)30-21(28)24-16-8-11-19-18(14-16)23(2)12-13-25(3)20(23)27(19)5/h6-11,14,20H,12-13H2,1-5H3,(H,24,28)/t20-,23-/m0/s1. The molecule has 0 aliphatic carbocycles. The molecular weight excluding hydrogens is 380 g/mol. The molecule has 30 heavy (non-hydrogen) atoms. The van der Waals surface area contributed by atoms with E-state index in [-0.39, 0.29) is 5.41 Å². The maximum atomic E-state index is 12.3. The predicted molar refractivity (Wildman–Crippen MR) is 118 cm³/mol. The van der Waals surface area contributed by atoms with Crippen molar-refractivity contribution in [3.63, 3.8) is 0 Å². The van der Waals surface area contributed by atoms with E-state index < -0.39 is 12.2 Å². The molecule has 0 saturated carbocycles. The van der Waals surface area contributed by atoms with Crippen LogP contribution in [0.5, 0.6) is 0 Å². The van der Waals surface area contributed by atoms with Gasteiger partial charge in [0.25, 0.3) is 0 Å². The van der Waals surface area contributed by atoms with Gasteiger partial charge in [-0.25, -0.2) is 9.59 Å². The zero-order chi connectivity index (χ0) is 21.6. The molecule has 2 aromatic carbocycles. The first kappa shape index (κ1) is 20.2. The predicted octanol–water partition coefficient (Wildman–Crippen LogP) is 4.17. The van der Waals surface area contributed by atoms with Gasteiger partial charge in [0.15, 0.2) is 0 Å². The number of carbonyl (C=O) groups excluding carboxylic acids is 2. The van der Waals surface area contributed by atoms with Gasteiger partial charge in [-0.3, -0.25) is 15.1 Å². The van der Waals surface area contributed by atoms with Crippen LogP contribution in [0.2, 0.25) is 0 Å². The van der Waals surface area contributed by atoms with Gasteiger partial charge in [0.05, 0.1) is 6.17 Å². The van der Waals surface area contributed by atoms with Crippen molar-refractivity contribution < 1.29 is 14.3 Å². The molecule has 2 amide bonds. The third-order valence-corrected chi connectivity index (χ3v) is 6.45. The van der Waals surface area contributed by atoms with Crippen LogP contribution in [0.3, 0.4) is 0 Å². The third-order valence-electron chi connectivity index (χ3n) is 6.45. The fourth-order valence-corrected chi connectivity index (χ4v) is 4.82. The minimum Gasteiger partial charge on any atom is -0.359 e. The van der Waals surface area contributed by atoms with Gasteiger partial charge < -0.3 is 9.64 Å². The number of carbonyl (C=O) groups is 2. The number of anilines is 3. The second-order valence-corrected chi connectivity index (χ2v) is 8.54. The van der Waals surface area contributed by atoms with E-state index in [2.05, 4.69) is 36.1 Å². The quantitative estimate of drug-likeness (QED) is 0.756. The van der Waals surface area contributed by atoms with E-state index in [9.17, 15) is 9.59 Å². The summed E-state index contributed by atoms with van der Waals surface area (Å²) in [5, 5.41) is 2.70. The molecule has 0 bridgehead atoms. The Kier molecular flexibility index (Phi) is 4.94. The van der Waals surface area contributed by atoms with E-state index in [0.29, 0.717) is 17.5 Å². The van der Waals surface area contributed by atoms with Crippen LogP contribution < -0.4 is 15.1 Å². The van der Waals surface area contributed by atoms with Crippen molar-refractivity contribution in [2.75, 3.05) is 42.8 Å². The molecule has 0 aromatic heterocycles. The average molecular weight is 409 g/mol. The van der Waals surface area contributed by atoms with Crippen LogP contribution in [0, 0.1) is 6.92 Å². The van der Waals surface area contributed by atoms with Crippen LogP contribution in [0.25, 0.3) is 0 Å². The second-order valence-electron chi connectivity index (χ2n) is 8.54. The van der Waals surface area contributed by atoms with Crippen LogP contribution in [-0.4, -0.2) is 50.9 Å². The second kappa shape index (κ2) is 7.32. The molecule has 2 aliphatic heterocycles. The summed E-state index contributed by atoms with van der Waals surface area (Å²) >= 11 is 0. The summed E-state index contributed by atoms with van der Waals surface area (Å²) in [4.78, 5) is 30.6. The number of likely N-dealkylation sites (N-methyl/N-ethyl adjacent to an activating group) is 2. The van der Waals surface area contributed by atoms with Crippen molar-refractivity contribution in [2.45, 2.75) is 31.8 Å². The van der Waals surface area contributed by atoms with E-state index in [1.54, 1.807) is 19.2 Å². The highest BCUT2D eigenvalue weighted by atomic mass is 16.6. The molecule has 7 heteroatoms. The Morgan fingerprint density at radius 2 is 1.87 bits per heavy atom. The lowest BCUT2D eigenvalue weighted by Crippen LogP contribution is -2.45. The highest BCUT2D eigenvalue weighted by Crippen LogP contribution is 2.51. The summed E-state index contributed by atoms with van der Waals surface area (Å²) in [5.41, 5.74) is 4.74. The Morgan fingerprint density at radius 3 is 2.57 bits per heavy atom. The maximum Gasteiger partial charge on any atom is 0.423 e. The molecule has 0 radical (unpaired) electrons. The molecule has 2 aliphatic rings. The average Bonchev–Trinajstić information content (AvgIpc) is 3.13. The van der Waals surface area contributed by atoms with Crippen molar-refractivity contribution in [1.29, 1.82) is 0 Å². The number of hydrogen-bond donors (Lipinski definition) is 1. The minimum absolute atomic E-state index is 0.00189. The molecule has 7 nitrogen and oxygen atoms in total. The molecule has 1 N–H and O–H groups in total. The van der Waals surface area contributed by atoms with Crippen molar-refractivity contribution in [3.8, 4) is 0 Å². The first-order chi connectivity index (χ1) is 14.2. The smallest absolute Gasteiger partial charge is 0.359 e. The van der Waals surface area contributed by atoms with Crippen LogP contribution >= 0.6 is 0 Å². The SMILES string of the molecule is Cc1ccc(N(C)C(=O)OC(=O)Nc2ccc3c(c2)[C@]2(C)CCN(C)[C@H]2N3C)cc1. The number of benzene rings is 2. The molecule has 2 heterocycles. The lowest BCUT2D eigenvalue weighted by atomic mass is 9.81. The summed E-state index contributed by atoms with van der Waals surface area (Å²) in [7, 11) is 5.82. The molecular formula is C23H28N4O3. The molecule has 1 saturated heterocycles. The number of aryl methyl sites for hydroxylation is 1. The van der Waals surface area contributed by atoms with E-state index in [4.69, 9.17) is 4.74 Å². The highest BCUT2D eigenvalue weighted by molar-refractivity contribution is 5.98. The van der Waals surface area contributed by atoms with Crippen LogP contribution in [0.4, 0.5) is 26.7 Å². The van der Waals surface area contributed by atoms with Crippen LogP contribution in [0.15, 0.2) is 42.5 Å². The Hall–Kier alpha value is -3.06. The van der Waals surface area contributed by atoms with Crippen molar-refractivity contribution in [2.24, 2.45) is 0 Å². The summed E-state index contributed by atoms with van der Waals surface area (Å²) in [6.07, 6.45) is -0.171. The lowest BCUT2D eigenvalue weighted by molar-refractivity contribution is 0.166. The van der Waals surface area contributed by atoms with Crippen molar-refractivity contribution in [3.05, 3.63) is 53.6 Å². The van der Waals surface area contributed by atoms with Gasteiger partial charge in [0.2, 0.25) is 0 Å². The van der Waals surface area contributed by atoms with Gasteiger partial charge in [0, 0.05) is 43.1 Å². The van der Waals surface area contributed by atoms with Gasteiger partial charge in [-0.1, -0.05) is 24.6 Å². The fourth-order valence-electron chi connectivity index (χ4n) is 4.82. The summed E-state index contributed by atoms with van der Waals surface area (Å²) in [6.45, 7) is 5.27. The zero-order valence-corrected chi connectivity index (χ0v) is 18.1. The highest BCUT2D eigenvalue weighted by Gasteiger charge is 2.52. The van der Waals surface area contributed by atoms with Gasteiger partial charge >= 0.3 is 12.2 Å². The maximum absolute atomic E-state index is 12.3. The zero-order valence-electron chi connectivity index (χ0n) is 18.1. The van der Waals surface area contributed by atoms with Crippen LogP contribution in [0.1, 0.15) is 24.5 Å². The number of nitrogens with one attached hydrogen (secondary N) is 1. The largest absolute Gasteiger partial charge is 0.423 e. The Labute approximate surface area is 177 Å². The third kappa shape index (κ3) is 3.29. The van der Waals surface area contributed by atoms with E-state index >= 15 is 0 Å². The number of fused-ring (bicyclic) bond motifs is 3. The van der Waals surface area contributed by atoms with E-state index in [1.165, 1.54) is 16.2 Å². The Bertz CT molecular complexity index is 990. The normalized spacial score (nSPS) is 22.4. The number of likely N-dealkylation sites (tertiary alicyclic amines) is 1. The Morgan fingerprint density at radius 1 is 1.17 bits per heavy atom. The first-order valence-electron chi connectivity index (χ1n) is 10.1. The van der Waals surface area contributed by atoms with Gasteiger partial charge in [-0.2, -0.15) is 0 Å². The molecule has 158 valence electrons. The summed E-state index contributed by atoms with van der Waals surface area (Å²) in [6, 6.07) is 13.3. The van der Waals surface area contributed by atoms with E-state index in [0.717, 1.165) is 18.5 Å². The number of nitrogens with zero attached hydrogens (tertiary/aromatic N) is 3. The summed E-state index contributed by atoms with van der Waals surface area (Å²) in [5.74, 6) is 0. The number of amides is 2. The van der Waals surface area contributed by atoms with Crippen molar-refractivity contribution >= 4 is 29.2 Å². The number of hydrogen-bond acceptors (Lipinski definition) is 5. The topological polar surface area (TPSA) is 65.1 Å². The fraction of sp³-hybridized carbons (Fsp3) is 0.391. The van der Waals surface area contributed by atoms with Crippen molar-refractivity contribution in [1.82, 2.24) is 4.90 Å². The van der Waals surface area contributed by atoms with E-state index in [1.807, 2.05) is 37.3 Å². The number of rotatable bonds is 2. The molecule has 0 spiro atoms. The van der Waals surface area contributed by atoms with Crippen LogP contribution in [-0.2, 0) is 10.2 Å². The molecule has 2 atom stereocenters. The molecule has 1 fully saturated rings. The first-order valence-corrected chi connectivity index (χ1v) is 10.1. The van der Waals surface area contributed by atoms with Gasteiger partial charge in [-0.05, 0) is 56.3 Å². The molecule has 2 aromatic rings. The Balaban J connectivity index is 1.45. The van der Waals surface area contributed by atoms with Gasteiger partial charge in [0.1, 0.15) is 0 Å². The van der Waals surface area contributed by atoms with Gasteiger partial charge in [-0.15, -0.1) is 0 Å². The molecule has 0 unspecified atom stereocenters. The monoisotopic (exact) mass is 408 g/mol. The number of ether oxygens (including phenoxy) is 1.